The standard InChI is InChI=1S/C16H27NO2/c1-4-14(2)15-6-8-16(9-7-15)19-12-5-10-17-11-13-18-3/h6-9,14,17H,4-5,10-13H2,1-3H3/t14-/m0/s1. The van der Waals surface area contributed by atoms with Crippen molar-refractivity contribution in [1.82, 2.24) is 5.32 Å². The molecule has 19 heavy (non-hydrogen) atoms. The van der Waals surface area contributed by atoms with E-state index in [-0.39, 0.29) is 0 Å². The van der Waals surface area contributed by atoms with Gasteiger partial charge >= 0.3 is 0 Å². The van der Waals surface area contributed by atoms with Gasteiger partial charge in [-0.3, -0.25) is 0 Å². The molecular weight excluding hydrogens is 238 g/mol. The molecule has 0 aliphatic heterocycles. The molecule has 0 amide bonds. The Labute approximate surface area is 117 Å². The fourth-order valence-electron chi connectivity index (χ4n) is 1.81. The third-order valence-corrected chi connectivity index (χ3v) is 3.31. The molecule has 3 heteroatoms. The second kappa shape index (κ2) is 9.82. The zero-order valence-corrected chi connectivity index (χ0v) is 12.4. The zero-order valence-electron chi connectivity index (χ0n) is 12.4. The molecule has 0 spiro atoms. The quantitative estimate of drug-likeness (QED) is 0.659. The van der Waals surface area contributed by atoms with Crippen LogP contribution in [-0.2, 0) is 4.74 Å². The van der Waals surface area contributed by atoms with Crippen molar-refractivity contribution < 1.29 is 9.47 Å². The molecule has 0 bridgehead atoms. The first-order chi connectivity index (χ1) is 9.27. The van der Waals surface area contributed by atoms with E-state index in [2.05, 4.69) is 43.4 Å². The monoisotopic (exact) mass is 265 g/mol. The van der Waals surface area contributed by atoms with E-state index < -0.39 is 0 Å². The number of ether oxygens (including phenoxy) is 2. The molecule has 0 radical (unpaired) electrons. The maximum Gasteiger partial charge on any atom is 0.119 e. The van der Waals surface area contributed by atoms with Gasteiger partial charge in [-0.25, -0.2) is 0 Å². The summed E-state index contributed by atoms with van der Waals surface area (Å²) in [6.45, 7) is 7.85. The molecule has 1 aromatic carbocycles. The molecule has 0 aliphatic carbocycles. The van der Waals surface area contributed by atoms with Crippen molar-refractivity contribution in [3.63, 3.8) is 0 Å². The van der Waals surface area contributed by atoms with Gasteiger partial charge < -0.3 is 14.8 Å². The second-order valence-electron chi connectivity index (χ2n) is 4.82. The van der Waals surface area contributed by atoms with Crippen molar-refractivity contribution in [3.05, 3.63) is 29.8 Å². The van der Waals surface area contributed by atoms with E-state index in [0.29, 0.717) is 5.92 Å². The van der Waals surface area contributed by atoms with Gasteiger partial charge in [0.1, 0.15) is 5.75 Å². The van der Waals surface area contributed by atoms with E-state index in [0.717, 1.165) is 38.5 Å². The Bertz CT molecular complexity index is 324. The number of hydrogen-bond acceptors (Lipinski definition) is 3. The highest BCUT2D eigenvalue weighted by molar-refractivity contribution is 5.29. The van der Waals surface area contributed by atoms with Gasteiger partial charge in [0, 0.05) is 13.7 Å². The first kappa shape index (κ1) is 16.0. The second-order valence-corrected chi connectivity index (χ2v) is 4.82. The molecule has 1 rings (SSSR count). The van der Waals surface area contributed by atoms with Gasteiger partial charge in [-0.05, 0) is 43.0 Å². The third kappa shape index (κ3) is 6.60. The summed E-state index contributed by atoms with van der Waals surface area (Å²) in [5, 5.41) is 3.30. The van der Waals surface area contributed by atoms with Gasteiger partial charge in [0.25, 0.3) is 0 Å². The van der Waals surface area contributed by atoms with Gasteiger partial charge in [0.05, 0.1) is 13.2 Å². The Morgan fingerprint density at radius 3 is 2.47 bits per heavy atom. The van der Waals surface area contributed by atoms with E-state index in [1.807, 2.05) is 0 Å². The van der Waals surface area contributed by atoms with Gasteiger partial charge in [0.15, 0.2) is 0 Å². The summed E-state index contributed by atoms with van der Waals surface area (Å²) < 4.78 is 10.7. The first-order valence-corrected chi connectivity index (χ1v) is 7.20. The predicted octanol–water partition coefficient (Wildman–Crippen LogP) is 3.21. The highest BCUT2D eigenvalue weighted by Crippen LogP contribution is 2.21. The molecule has 0 fully saturated rings. The molecule has 0 aromatic heterocycles. The minimum Gasteiger partial charge on any atom is -0.494 e. The summed E-state index contributed by atoms with van der Waals surface area (Å²) in [4.78, 5) is 0. The van der Waals surface area contributed by atoms with Gasteiger partial charge in [0.2, 0.25) is 0 Å². The smallest absolute Gasteiger partial charge is 0.119 e. The number of nitrogens with one attached hydrogen (secondary N) is 1. The van der Waals surface area contributed by atoms with E-state index >= 15 is 0 Å². The van der Waals surface area contributed by atoms with Crippen LogP contribution in [0.15, 0.2) is 24.3 Å². The number of rotatable bonds is 10. The molecule has 0 heterocycles. The van der Waals surface area contributed by atoms with E-state index in [1.165, 1.54) is 12.0 Å². The highest BCUT2D eigenvalue weighted by Gasteiger charge is 2.02. The number of methoxy groups -OCH3 is 1. The van der Waals surface area contributed by atoms with E-state index in [4.69, 9.17) is 9.47 Å². The van der Waals surface area contributed by atoms with Gasteiger partial charge in [-0.15, -0.1) is 0 Å². The van der Waals surface area contributed by atoms with Crippen LogP contribution in [0.25, 0.3) is 0 Å². The van der Waals surface area contributed by atoms with Gasteiger partial charge in [-0.2, -0.15) is 0 Å². The topological polar surface area (TPSA) is 30.5 Å². The first-order valence-electron chi connectivity index (χ1n) is 7.20. The average molecular weight is 265 g/mol. The molecular formula is C16H27NO2. The third-order valence-electron chi connectivity index (χ3n) is 3.31. The van der Waals surface area contributed by atoms with Crippen molar-refractivity contribution in [2.45, 2.75) is 32.6 Å². The number of benzene rings is 1. The maximum absolute atomic E-state index is 5.71. The van der Waals surface area contributed by atoms with Crippen molar-refractivity contribution in [1.29, 1.82) is 0 Å². The van der Waals surface area contributed by atoms with Crippen molar-refractivity contribution in [3.8, 4) is 5.75 Å². The average Bonchev–Trinajstić information content (AvgIpc) is 2.46. The summed E-state index contributed by atoms with van der Waals surface area (Å²) >= 11 is 0. The molecule has 1 N–H and O–H groups in total. The van der Waals surface area contributed by atoms with Crippen LogP contribution in [0.5, 0.6) is 5.75 Å². The molecule has 0 aliphatic rings. The number of hydrogen-bond donors (Lipinski definition) is 1. The SMILES string of the molecule is CC[C@H](C)c1ccc(OCCCNCCOC)cc1. The van der Waals surface area contributed by atoms with Crippen LogP contribution >= 0.6 is 0 Å². The van der Waals surface area contributed by atoms with Crippen LogP contribution in [0, 0.1) is 0 Å². The highest BCUT2D eigenvalue weighted by atomic mass is 16.5. The lowest BCUT2D eigenvalue weighted by Crippen LogP contribution is -2.21. The van der Waals surface area contributed by atoms with Crippen LogP contribution in [0.1, 0.15) is 38.2 Å². The fourth-order valence-corrected chi connectivity index (χ4v) is 1.81. The Morgan fingerprint density at radius 1 is 1.11 bits per heavy atom. The minimum atomic E-state index is 0.624. The molecule has 0 unspecified atom stereocenters. The lowest BCUT2D eigenvalue weighted by atomic mass is 9.99. The molecule has 3 nitrogen and oxygen atoms in total. The summed E-state index contributed by atoms with van der Waals surface area (Å²) in [6.07, 6.45) is 2.18. The Kier molecular flexibility index (Phi) is 8.26. The zero-order chi connectivity index (χ0) is 13.9. The predicted molar refractivity (Wildman–Crippen MR) is 80.0 cm³/mol. The molecule has 1 aromatic rings. The van der Waals surface area contributed by atoms with Crippen LogP contribution in [-0.4, -0.2) is 33.4 Å². The molecule has 0 saturated carbocycles. The van der Waals surface area contributed by atoms with Crippen LogP contribution in [0.3, 0.4) is 0 Å². The fraction of sp³-hybridized carbons (Fsp3) is 0.625. The largest absolute Gasteiger partial charge is 0.494 e. The Morgan fingerprint density at radius 2 is 1.84 bits per heavy atom. The van der Waals surface area contributed by atoms with E-state index in [1.54, 1.807) is 7.11 Å². The summed E-state index contributed by atoms with van der Waals surface area (Å²) in [6, 6.07) is 8.47. The van der Waals surface area contributed by atoms with Crippen molar-refractivity contribution in [2.24, 2.45) is 0 Å². The maximum atomic E-state index is 5.71. The lowest BCUT2D eigenvalue weighted by Gasteiger charge is -2.11. The summed E-state index contributed by atoms with van der Waals surface area (Å²) in [7, 11) is 1.72. The normalized spacial score (nSPS) is 12.4. The van der Waals surface area contributed by atoms with Gasteiger partial charge in [-0.1, -0.05) is 26.0 Å². The molecule has 1 atom stereocenters. The van der Waals surface area contributed by atoms with E-state index in [9.17, 15) is 0 Å². The molecule has 108 valence electrons. The van der Waals surface area contributed by atoms with Crippen molar-refractivity contribution in [2.75, 3.05) is 33.4 Å². The summed E-state index contributed by atoms with van der Waals surface area (Å²) in [5.41, 5.74) is 1.39. The summed E-state index contributed by atoms with van der Waals surface area (Å²) in [5.74, 6) is 1.59. The Hall–Kier alpha value is -1.06. The van der Waals surface area contributed by atoms with Crippen LogP contribution < -0.4 is 10.1 Å². The van der Waals surface area contributed by atoms with Crippen molar-refractivity contribution >= 4 is 0 Å². The Balaban J connectivity index is 2.16. The lowest BCUT2D eigenvalue weighted by molar-refractivity contribution is 0.198. The van der Waals surface area contributed by atoms with Crippen LogP contribution in [0.4, 0.5) is 0 Å². The van der Waals surface area contributed by atoms with Crippen LogP contribution in [0.2, 0.25) is 0 Å². The molecule has 0 saturated heterocycles. The minimum absolute atomic E-state index is 0.624.